The Hall–Kier alpha value is 0.700. The first-order valence-corrected chi connectivity index (χ1v) is 5.57. The Kier molecular flexibility index (Phi) is 4.00. The van der Waals surface area contributed by atoms with Gasteiger partial charge in [0.2, 0.25) is 0 Å². The average molecular weight is 268 g/mol. The molecule has 58 valence electrons. The first-order valence-electron chi connectivity index (χ1n) is 3.74. The smallest absolute Gasteiger partial charge is 0.0274 e. The molecule has 0 aliphatic heterocycles. The van der Waals surface area contributed by atoms with Crippen molar-refractivity contribution in [2.75, 3.05) is 0 Å². The van der Waals surface area contributed by atoms with Gasteiger partial charge >= 0.3 is 0 Å². The molecule has 1 aliphatic carbocycles. The zero-order valence-electron chi connectivity index (χ0n) is 5.89. The van der Waals surface area contributed by atoms with E-state index in [0.29, 0.717) is 9.65 Å². The van der Waals surface area contributed by atoms with E-state index in [0.717, 1.165) is 0 Å². The molecule has 0 fully saturated rings. The summed E-state index contributed by atoms with van der Waals surface area (Å²) in [7, 11) is 0. The van der Waals surface area contributed by atoms with Crippen LogP contribution in [0.25, 0.3) is 0 Å². The van der Waals surface area contributed by atoms with Crippen molar-refractivity contribution in [1.82, 2.24) is 0 Å². The molecule has 10 heavy (non-hydrogen) atoms. The second-order valence-corrected chi connectivity index (χ2v) is 5.01. The van der Waals surface area contributed by atoms with Gasteiger partial charge in [0.1, 0.15) is 0 Å². The van der Waals surface area contributed by atoms with Crippen LogP contribution in [0.1, 0.15) is 25.7 Å². The molecule has 1 rings (SSSR count). The summed E-state index contributed by atoms with van der Waals surface area (Å²) >= 11 is 7.32. The van der Waals surface area contributed by atoms with E-state index in [4.69, 9.17) is 0 Å². The van der Waals surface area contributed by atoms with Crippen molar-refractivity contribution in [3.63, 3.8) is 0 Å². The second-order valence-electron chi connectivity index (χ2n) is 2.66. The molecule has 0 aromatic carbocycles. The zero-order chi connectivity index (χ0) is 7.40. The van der Waals surface area contributed by atoms with Crippen LogP contribution in [0.4, 0.5) is 0 Å². The molecule has 0 radical (unpaired) electrons. The van der Waals surface area contributed by atoms with E-state index >= 15 is 0 Å². The second kappa shape index (κ2) is 4.55. The molecule has 0 N–H and O–H groups in total. The van der Waals surface area contributed by atoms with Crippen molar-refractivity contribution in [2.45, 2.75) is 35.3 Å². The Bertz CT molecular complexity index is 106. The third-order valence-electron chi connectivity index (χ3n) is 1.78. The van der Waals surface area contributed by atoms with Crippen molar-refractivity contribution < 1.29 is 0 Å². The van der Waals surface area contributed by atoms with Gasteiger partial charge in [0.05, 0.1) is 0 Å². The highest BCUT2D eigenvalue weighted by atomic mass is 79.9. The Labute approximate surface area is 79.3 Å². The third-order valence-corrected chi connectivity index (χ3v) is 4.68. The summed E-state index contributed by atoms with van der Waals surface area (Å²) < 4.78 is 0. The predicted octanol–water partition coefficient (Wildman–Crippen LogP) is 3.64. The van der Waals surface area contributed by atoms with Crippen molar-refractivity contribution in [1.29, 1.82) is 0 Å². The van der Waals surface area contributed by atoms with Crippen molar-refractivity contribution >= 4 is 31.9 Å². The lowest BCUT2D eigenvalue weighted by Crippen LogP contribution is -2.14. The van der Waals surface area contributed by atoms with Gasteiger partial charge in [0, 0.05) is 9.65 Å². The number of halogens is 2. The summed E-state index contributed by atoms with van der Waals surface area (Å²) in [5, 5.41) is 0. The lowest BCUT2D eigenvalue weighted by Gasteiger charge is -2.16. The average Bonchev–Trinajstić information content (AvgIpc) is 1.92. The normalized spacial score (nSPS) is 35.0. The molecule has 0 nitrogen and oxygen atoms in total. The number of rotatable bonds is 0. The summed E-state index contributed by atoms with van der Waals surface area (Å²) in [4.78, 5) is 1.33. The highest BCUT2D eigenvalue weighted by molar-refractivity contribution is 9.12. The minimum atomic E-state index is 0.664. The van der Waals surface area contributed by atoms with Crippen LogP contribution in [0.3, 0.4) is 0 Å². The molecule has 0 heterocycles. The largest absolute Gasteiger partial charge is 0.0885 e. The monoisotopic (exact) mass is 266 g/mol. The van der Waals surface area contributed by atoms with Gasteiger partial charge < -0.3 is 0 Å². The van der Waals surface area contributed by atoms with Crippen LogP contribution >= 0.6 is 31.9 Å². The van der Waals surface area contributed by atoms with Crippen molar-refractivity contribution in [3.8, 4) is 0 Å². The van der Waals surface area contributed by atoms with Crippen LogP contribution in [0.15, 0.2) is 12.2 Å². The number of allylic oxidation sites excluding steroid dienone is 2. The van der Waals surface area contributed by atoms with Gasteiger partial charge in [0.25, 0.3) is 0 Å². The van der Waals surface area contributed by atoms with Gasteiger partial charge in [-0.05, 0) is 25.7 Å². The molecule has 2 heteroatoms. The fourth-order valence-corrected chi connectivity index (χ4v) is 2.17. The van der Waals surface area contributed by atoms with Crippen LogP contribution in [-0.2, 0) is 0 Å². The van der Waals surface area contributed by atoms with E-state index < -0.39 is 0 Å². The number of alkyl halides is 2. The lowest BCUT2D eigenvalue weighted by atomic mass is 10.1. The van der Waals surface area contributed by atoms with Crippen molar-refractivity contribution in [2.24, 2.45) is 0 Å². The fraction of sp³-hybridized carbons (Fsp3) is 0.750. The van der Waals surface area contributed by atoms with Gasteiger partial charge in [-0.15, -0.1) is 0 Å². The summed E-state index contributed by atoms with van der Waals surface area (Å²) in [5.74, 6) is 0. The Morgan fingerprint density at radius 2 is 1.30 bits per heavy atom. The van der Waals surface area contributed by atoms with E-state index in [1.54, 1.807) is 0 Å². The molecule has 0 bridgehead atoms. The zero-order valence-corrected chi connectivity index (χ0v) is 9.07. The standard InChI is InChI=1S/C8H12Br2/c9-7-5-3-1-2-4-6-8(7)10/h1-2,7-8H,3-6H2. The highest BCUT2D eigenvalue weighted by Crippen LogP contribution is 2.25. The van der Waals surface area contributed by atoms with E-state index in [1.807, 2.05) is 0 Å². The van der Waals surface area contributed by atoms with E-state index in [-0.39, 0.29) is 0 Å². The van der Waals surface area contributed by atoms with Crippen LogP contribution in [-0.4, -0.2) is 9.65 Å². The molecule has 1 aliphatic rings. The number of hydrogen-bond acceptors (Lipinski definition) is 0. The summed E-state index contributed by atoms with van der Waals surface area (Å²) in [5.41, 5.74) is 0. The molecular formula is C8H12Br2. The van der Waals surface area contributed by atoms with Crippen LogP contribution in [0.2, 0.25) is 0 Å². The first kappa shape index (κ1) is 8.79. The summed E-state index contributed by atoms with van der Waals surface area (Å²) in [6.07, 6.45) is 9.52. The van der Waals surface area contributed by atoms with Gasteiger partial charge in [0.15, 0.2) is 0 Å². The number of hydrogen-bond donors (Lipinski definition) is 0. The van der Waals surface area contributed by atoms with Crippen molar-refractivity contribution in [3.05, 3.63) is 12.2 Å². The first-order chi connectivity index (χ1) is 4.80. The minimum absolute atomic E-state index is 0.664. The quantitative estimate of drug-likeness (QED) is 0.464. The Morgan fingerprint density at radius 3 is 1.70 bits per heavy atom. The fourth-order valence-electron chi connectivity index (χ4n) is 1.11. The predicted molar refractivity (Wildman–Crippen MR) is 53.0 cm³/mol. The maximum absolute atomic E-state index is 3.66. The molecule has 0 amide bonds. The van der Waals surface area contributed by atoms with Crippen LogP contribution in [0.5, 0.6) is 0 Å². The molecule has 0 saturated carbocycles. The maximum atomic E-state index is 3.66. The lowest BCUT2D eigenvalue weighted by molar-refractivity contribution is 0.684. The van der Waals surface area contributed by atoms with E-state index in [9.17, 15) is 0 Å². The molecule has 0 aromatic rings. The molecule has 2 atom stereocenters. The molecule has 0 aromatic heterocycles. The van der Waals surface area contributed by atoms with E-state index in [1.165, 1.54) is 25.7 Å². The topological polar surface area (TPSA) is 0 Å². The van der Waals surface area contributed by atoms with Gasteiger partial charge in [-0.2, -0.15) is 0 Å². The summed E-state index contributed by atoms with van der Waals surface area (Å²) in [6.45, 7) is 0. The molecular weight excluding hydrogens is 256 g/mol. The van der Waals surface area contributed by atoms with Gasteiger partial charge in [-0.1, -0.05) is 44.0 Å². The van der Waals surface area contributed by atoms with E-state index in [2.05, 4.69) is 44.0 Å². The molecule has 2 unspecified atom stereocenters. The van der Waals surface area contributed by atoms with Crippen LogP contribution < -0.4 is 0 Å². The molecule has 0 saturated heterocycles. The molecule has 0 spiro atoms. The minimum Gasteiger partial charge on any atom is -0.0885 e. The Morgan fingerprint density at radius 1 is 0.900 bits per heavy atom. The third kappa shape index (κ3) is 2.75. The maximum Gasteiger partial charge on any atom is 0.0274 e. The van der Waals surface area contributed by atoms with Gasteiger partial charge in [-0.25, -0.2) is 0 Å². The Balaban J connectivity index is 2.40. The summed E-state index contributed by atoms with van der Waals surface area (Å²) in [6, 6.07) is 0. The van der Waals surface area contributed by atoms with Crippen LogP contribution in [0, 0.1) is 0 Å². The van der Waals surface area contributed by atoms with Gasteiger partial charge in [-0.3, -0.25) is 0 Å². The highest BCUT2D eigenvalue weighted by Gasteiger charge is 2.14. The SMILES string of the molecule is BrC1CCC=CCCC1Br.